The fraction of sp³-hybridized carbons (Fsp3) is 0.500. The van der Waals surface area contributed by atoms with Crippen molar-refractivity contribution in [3.8, 4) is 0 Å². The molecule has 0 aromatic heterocycles. The van der Waals surface area contributed by atoms with Gasteiger partial charge in [0, 0.05) is 12.6 Å². The summed E-state index contributed by atoms with van der Waals surface area (Å²) < 4.78 is 26.9. The number of rotatable bonds is 10. The molecule has 1 aliphatic rings. The highest BCUT2D eigenvalue weighted by Gasteiger charge is 2.32. The van der Waals surface area contributed by atoms with Crippen LogP contribution >= 0.6 is 0 Å². The Bertz CT molecular complexity index is 1170. The minimum absolute atomic E-state index is 0.0692. The third kappa shape index (κ3) is 6.87. The summed E-state index contributed by atoms with van der Waals surface area (Å²) >= 11 is 0. The molecule has 0 aliphatic heterocycles. The molecule has 0 heterocycles. The van der Waals surface area contributed by atoms with Gasteiger partial charge in [0.1, 0.15) is 12.6 Å². The number of aryl methyl sites for hydroxylation is 1. The second kappa shape index (κ2) is 11.9. The lowest BCUT2D eigenvalue weighted by molar-refractivity contribution is -0.139. The molecule has 1 fully saturated rings. The third-order valence-electron chi connectivity index (χ3n) is 6.98. The Morgan fingerprint density at radius 2 is 1.61 bits per heavy atom. The van der Waals surface area contributed by atoms with Gasteiger partial charge in [0.2, 0.25) is 21.8 Å². The zero-order chi connectivity index (χ0) is 26.5. The lowest BCUT2D eigenvalue weighted by Crippen LogP contribution is -2.52. The van der Waals surface area contributed by atoms with Crippen LogP contribution in [0.25, 0.3) is 0 Å². The van der Waals surface area contributed by atoms with E-state index in [1.54, 1.807) is 19.1 Å². The standard InChI is InChI=1S/C28H39N3O4S/c1-20(2)25-16-10-11-17-26(25)31(36(5,34)35)19-27(32)30(18-23-13-7-6-12-21(23)3)22(4)28(33)29-24-14-8-9-15-24/h6-7,10-13,16-17,20,22,24H,8-9,14-15,18-19H2,1-5H3,(H,29,33)/t22-/m0/s1. The van der Waals surface area contributed by atoms with E-state index in [1.165, 1.54) is 4.90 Å². The van der Waals surface area contributed by atoms with E-state index >= 15 is 0 Å². The number of carbonyl (C=O) groups excluding carboxylic acids is 2. The Hall–Kier alpha value is -2.87. The molecule has 1 saturated carbocycles. The quantitative estimate of drug-likeness (QED) is 0.511. The molecule has 1 atom stereocenters. The predicted octanol–water partition coefficient (Wildman–Crippen LogP) is 4.36. The molecule has 36 heavy (non-hydrogen) atoms. The largest absolute Gasteiger partial charge is 0.352 e. The first-order valence-electron chi connectivity index (χ1n) is 12.7. The lowest BCUT2D eigenvalue weighted by atomic mass is 10.0. The van der Waals surface area contributed by atoms with Crippen molar-refractivity contribution in [3.05, 3.63) is 65.2 Å². The molecule has 0 radical (unpaired) electrons. The SMILES string of the molecule is Cc1ccccc1CN(C(=O)CN(c1ccccc1C(C)C)S(C)(=O)=O)[C@@H](C)C(=O)NC1CCCC1. The molecule has 1 aliphatic carbocycles. The highest BCUT2D eigenvalue weighted by molar-refractivity contribution is 7.92. The summed E-state index contributed by atoms with van der Waals surface area (Å²) in [6.07, 6.45) is 5.17. The van der Waals surface area contributed by atoms with Crippen LogP contribution in [-0.4, -0.2) is 50.0 Å². The van der Waals surface area contributed by atoms with Gasteiger partial charge in [-0.2, -0.15) is 0 Å². The zero-order valence-corrected chi connectivity index (χ0v) is 22.8. The van der Waals surface area contributed by atoms with Gasteiger partial charge in [-0.3, -0.25) is 13.9 Å². The number of sulfonamides is 1. The average molecular weight is 514 g/mol. The molecule has 7 nitrogen and oxygen atoms in total. The van der Waals surface area contributed by atoms with Gasteiger partial charge in [-0.1, -0.05) is 69.2 Å². The summed E-state index contributed by atoms with van der Waals surface area (Å²) in [5.74, 6) is -0.562. The Morgan fingerprint density at radius 3 is 2.22 bits per heavy atom. The van der Waals surface area contributed by atoms with E-state index in [9.17, 15) is 18.0 Å². The van der Waals surface area contributed by atoms with Gasteiger partial charge in [0.05, 0.1) is 11.9 Å². The number of hydrogen-bond donors (Lipinski definition) is 1. The summed E-state index contributed by atoms with van der Waals surface area (Å²) in [4.78, 5) is 28.5. The van der Waals surface area contributed by atoms with E-state index in [0.29, 0.717) is 5.69 Å². The first-order valence-corrected chi connectivity index (χ1v) is 14.5. The average Bonchev–Trinajstić information content (AvgIpc) is 3.33. The lowest BCUT2D eigenvalue weighted by Gasteiger charge is -2.33. The van der Waals surface area contributed by atoms with E-state index in [0.717, 1.165) is 52.9 Å². The van der Waals surface area contributed by atoms with Crippen molar-refractivity contribution in [1.82, 2.24) is 10.2 Å². The summed E-state index contributed by atoms with van der Waals surface area (Å²) in [6, 6.07) is 14.3. The summed E-state index contributed by atoms with van der Waals surface area (Å²) in [6.45, 7) is 7.49. The van der Waals surface area contributed by atoms with Crippen LogP contribution in [0.4, 0.5) is 5.69 Å². The number of para-hydroxylation sites is 1. The van der Waals surface area contributed by atoms with Crippen LogP contribution in [0.5, 0.6) is 0 Å². The van der Waals surface area contributed by atoms with Gasteiger partial charge in [-0.15, -0.1) is 0 Å². The van der Waals surface area contributed by atoms with E-state index in [2.05, 4.69) is 5.32 Å². The number of nitrogens with one attached hydrogen (secondary N) is 1. The maximum atomic E-state index is 13.8. The fourth-order valence-electron chi connectivity index (χ4n) is 4.74. The van der Waals surface area contributed by atoms with Crippen molar-refractivity contribution >= 4 is 27.5 Å². The zero-order valence-electron chi connectivity index (χ0n) is 22.0. The number of benzene rings is 2. The van der Waals surface area contributed by atoms with Crippen LogP contribution in [0, 0.1) is 6.92 Å². The predicted molar refractivity (Wildman–Crippen MR) is 144 cm³/mol. The summed E-state index contributed by atoms with van der Waals surface area (Å²) in [5.41, 5.74) is 3.25. The molecule has 1 N–H and O–H groups in total. The van der Waals surface area contributed by atoms with Crippen LogP contribution < -0.4 is 9.62 Å². The normalized spacial score (nSPS) is 15.1. The highest BCUT2D eigenvalue weighted by Crippen LogP contribution is 2.29. The summed E-state index contributed by atoms with van der Waals surface area (Å²) in [7, 11) is -3.76. The minimum Gasteiger partial charge on any atom is -0.352 e. The van der Waals surface area contributed by atoms with Gasteiger partial charge in [0.25, 0.3) is 0 Å². The van der Waals surface area contributed by atoms with Crippen LogP contribution in [-0.2, 0) is 26.2 Å². The molecular formula is C28H39N3O4S. The number of nitrogens with zero attached hydrogens (tertiary/aromatic N) is 2. The van der Waals surface area contributed by atoms with E-state index < -0.39 is 22.0 Å². The minimum atomic E-state index is -3.76. The molecular weight excluding hydrogens is 474 g/mol. The van der Waals surface area contributed by atoms with Crippen molar-refractivity contribution in [1.29, 1.82) is 0 Å². The molecule has 2 aromatic carbocycles. The molecule has 196 valence electrons. The van der Waals surface area contributed by atoms with Gasteiger partial charge in [-0.05, 0) is 55.4 Å². The Labute approximate surface area is 215 Å². The molecule has 0 unspecified atom stereocenters. The molecule has 2 amide bonds. The topological polar surface area (TPSA) is 86.8 Å². The number of hydrogen-bond acceptors (Lipinski definition) is 4. The molecule has 2 aromatic rings. The van der Waals surface area contributed by atoms with Crippen LogP contribution in [0.2, 0.25) is 0 Å². The van der Waals surface area contributed by atoms with Gasteiger partial charge < -0.3 is 10.2 Å². The van der Waals surface area contributed by atoms with Gasteiger partial charge in [-0.25, -0.2) is 8.42 Å². The van der Waals surface area contributed by atoms with Crippen LogP contribution in [0.1, 0.15) is 69.1 Å². The van der Waals surface area contributed by atoms with E-state index in [4.69, 9.17) is 0 Å². The third-order valence-corrected chi connectivity index (χ3v) is 8.10. The molecule has 0 saturated heterocycles. The van der Waals surface area contributed by atoms with Crippen molar-refractivity contribution in [3.63, 3.8) is 0 Å². The van der Waals surface area contributed by atoms with E-state index in [-0.39, 0.29) is 31.0 Å². The van der Waals surface area contributed by atoms with Gasteiger partial charge in [0.15, 0.2) is 0 Å². The Balaban J connectivity index is 1.94. The first kappa shape index (κ1) is 27.7. The summed E-state index contributed by atoms with van der Waals surface area (Å²) in [5, 5.41) is 3.09. The monoisotopic (exact) mass is 513 g/mol. The Kier molecular flexibility index (Phi) is 9.17. The van der Waals surface area contributed by atoms with Crippen molar-refractivity contribution in [2.45, 2.75) is 77.9 Å². The molecule has 8 heteroatoms. The maximum Gasteiger partial charge on any atom is 0.244 e. The number of carbonyl (C=O) groups is 2. The van der Waals surface area contributed by atoms with E-state index in [1.807, 2.05) is 57.2 Å². The molecule has 0 spiro atoms. The van der Waals surface area contributed by atoms with Crippen LogP contribution in [0.3, 0.4) is 0 Å². The van der Waals surface area contributed by atoms with Crippen molar-refractivity contribution in [2.75, 3.05) is 17.1 Å². The fourth-order valence-corrected chi connectivity index (χ4v) is 5.61. The second-order valence-corrected chi connectivity index (χ2v) is 12.0. The van der Waals surface area contributed by atoms with Crippen molar-refractivity contribution < 1.29 is 18.0 Å². The highest BCUT2D eigenvalue weighted by atomic mass is 32.2. The Morgan fingerprint density at radius 1 is 1.00 bits per heavy atom. The maximum absolute atomic E-state index is 13.8. The smallest absolute Gasteiger partial charge is 0.244 e. The molecule has 0 bridgehead atoms. The first-order chi connectivity index (χ1) is 17.0. The number of anilines is 1. The van der Waals surface area contributed by atoms with Gasteiger partial charge >= 0.3 is 0 Å². The second-order valence-electron chi connectivity index (χ2n) is 10.1. The number of amides is 2. The van der Waals surface area contributed by atoms with Crippen molar-refractivity contribution in [2.24, 2.45) is 0 Å². The molecule has 3 rings (SSSR count). The van der Waals surface area contributed by atoms with Crippen LogP contribution in [0.15, 0.2) is 48.5 Å².